The monoisotopic (exact) mass is 298 g/mol. The maximum absolute atomic E-state index is 5.90. The molecule has 0 atom stereocenters. The fraction of sp³-hybridized carbons (Fsp3) is 0.421. The molecule has 118 valence electrons. The predicted molar refractivity (Wildman–Crippen MR) is 92.1 cm³/mol. The van der Waals surface area contributed by atoms with Gasteiger partial charge in [-0.2, -0.15) is 0 Å². The van der Waals surface area contributed by atoms with E-state index in [2.05, 4.69) is 41.9 Å². The highest BCUT2D eigenvalue weighted by atomic mass is 16.5. The van der Waals surface area contributed by atoms with E-state index >= 15 is 0 Å². The number of aromatic nitrogens is 1. The minimum atomic E-state index is 0.0622. The zero-order valence-corrected chi connectivity index (χ0v) is 14.0. The maximum Gasteiger partial charge on any atom is 0.0717 e. The molecule has 0 aliphatic rings. The number of hydrogen-bond donors (Lipinski definition) is 0. The van der Waals surface area contributed by atoms with Crippen LogP contribution in [0.15, 0.2) is 48.7 Å². The second-order valence-corrected chi connectivity index (χ2v) is 6.72. The molecule has 0 saturated heterocycles. The van der Waals surface area contributed by atoms with Crippen LogP contribution in [-0.4, -0.2) is 25.7 Å². The summed E-state index contributed by atoms with van der Waals surface area (Å²) in [5.41, 5.74) is 3.57. The molecule has 0 radical (unpaired) electrons. The van der Waals surface area contributed by atoms with Gasteiger partial charge in [0.15, 0.2) is 0 Å². The van der Waals surface area contributed by atoms with Crippen molar-refractivity contribution in [1.82, 2.24) is 4.98 Å². The summed E-state index contributed by atoms with van der Waals surface area (Å²) in [4.78, 5) is 6.59. The van der Waals surface area contributed by atoms with E-state index in [0.29, 0.717) is 6.61 Å². The Bertz CT molecular complexity index is 579. The van der Waals surface area contributed by atoms with Gasteiger partial charge >= 0.3 is 0 Å². The fourth-order valence-corrected chi connectivity index (χ4v) is 2.40. The number of anilines is 1. The van der Waals surface area contributed by atoms with Crippen LogP contribution in [0.3, 0.4) is 0 Å². The molecule has 3 nitrogen and oxygen atoms in total. The minimum absolute atomic E-state index is 0.0622. The molecule has 0 N–H and O–H groups in total. The Morgan fingerprint density at radius 3 is 2.50 bits per heavy atom. The summed E-state index contributed by atoms with van der Waals surface area (Å²) in [6, 6.07) is 14.5. The summed E-state index contributed by atoms with van der Waals surface area (Å²) in [6.45, 7) is 5.83. The number of benzene rings is 1. The molecule has 2 aromatic rings. The Balaban J connectivity index is 1.89. The first kappa shape index (κ1) is 16.5. The topological polar surface area (TPSA) is 25.4 Å². The van der Waals surface area contributed by atoms with Crippen LogP contribution >= 0.6 is 0 Å². The standard InChI is InChI=1S/C19H26N2O/c1-19(2,15-22-14-16-8-6-5-7-9-16)13-17-12-18(21(3)4)10-11-20-17/h5-12H,13-15H2,1-4H3. The Kier molecular flexibility index (Phi) is 5.56. The van der Waals surface area contributed by atoms with Crippen LogP contribution in [0.5, 0.6) is 0 Å². The Morgan fingerprint density at radius 2 is 1.82 bits per heavy atom. The van der Waals surface area contributed by atoms with E-state index < -0.39 is 0 Å². The van der Waals surface area contributed by atoms with Crippen LogP contribution in [0.25, 0.3) is 0 Å². The van der Waals surface area contributed by atoms with Crippen LogP contribution in [0.2, 0.25) is 0 Å². The summed E-state index contributed by atoms with van der Waals surface area (Å²) < 4.78 is 5.90. The minimum Gasteiger partial charge on any atom is -0.378 e. The highest BCUT2D eigenvalue weighted by Crippen LogP contribution is 2.23. The van der Waals surface area contributed by atoms with E-state index in [9.17, 15) is 0 Å². The van der Waals surface area contributed by atoms with E-state index in [1.54, 1.807) is 0 Å². The van der Waals surface area contributed by atoms with Gasteiger partial charge in [-0.25, -0.2) is 0 Å². The van der Waals surface area contributed by atoms with Crippen LogP contribution in [-0.2, 0) is 17.8 Å². The summed E-state index contributed by atoms with van der Waals surface area (Å²) >= 11 is 0. The first-order chi connectivity index (χ1) is 10.5. The molecule has 2 rings (SSSR count). The zero-order valence-electron chi connectivity index (χ0n) is 14.0. The van der Waals surface area contributed by atoms with Crippen molar-refractivity contribution >= 4 is 5.69 Å². The molecule has 0 amide bonds. The largest absolute Gasteiger partial charge is 0.378 e. The third-order valence-corrected chi connectivity index (χ3v) is 3.58. The van der Waals surface area contributed by atoms with Gasteiger partial charge in [0.2, 0.25) is 0 Å². The molecular formula is C19H26N2O. The predicted octanol–water partition coefficient (Wildman–Crippen LogP) is 3.93. The van der Waals surface area contributed by atoms with Crippen molar-refractivity contribution in [3.8, 4) is 0 Å². The second-order valence-electron chi connectivity index (χ2n) is 6.72. The van der Waals surface area contributed by atoms with Gasteiger partial charge in [0, 0.05) is 31.7 Å². The van der Waals surface area contributed by atoms with Crippen molar-refractivity contribution in [2.45, 2.75) is 26.9 Å². The second kappa shape index (κ2) is 7.41. The fourth-order valence-electron chi connectivity index (χ4n) is 2.40. The van der Waals surface area contributed by atoms with E-state index in [4.69, 9.17) is 4.74 Å². The Morgan fingerprint density at radius 1 is 1.09 bits per heavy atom. The highest BCUT2D eigenvalue weighted by Gasteiger charge is 2.20. The molecule has 1 aromatic carbocycles. The lowest BCUT2D eigenvalue weighted by atomic mass is 9.88. The SMILES string of the molecule is CN(C)c1ccnc(CC(C)(C)COCc2ccccc2)c1. The van der Waals surface area contributed by atoms with Gasteiger partial charge in [-0.1, -0.05) is 44.2 Å². The Hall–Kier alpha value is -1.87. The summed E-state index contributed by atoms with van der Waals surface area (Å²) in [5, 5.41) is 0. The number of rotatable bonds is 7. The molecule has 0 saturated carbocycles. The quantitative estimate of drug-likeness (QED) is 0.774. The van der Waals surface area contributed by atoms with Gasteiger partial charge in [-0.15, -0.1) is 0 Å². The normalized spacial score (nSPS) is 11.5. The first-order valence-electron chi connectivity index (χ1n) is 7.70. The van der Waals surface area contributed by atoms with E-state index in [1.807, 2.05) is 44.6 Å². The lowest BCUT2D eigenvalue weighted by Crippen LogP contribution is -2.23. The third-order valence-electron chi connectivity index (χ3n) is 3.58. The average Bonchev–Trinajstić information content (AvgIpc) is 2.48. The molecule has 0 spiro atoms. The maximum atomic E-state index is 5.90. The molecular weight excluding hydrogens is 272 g/mol. The van der Waals surface area contributed by atoms with Crippen LogP contribution in [0, 0.1) is 5.41 Å². The van der Waals surface area contributed by atoms with Crippen LogP contribution in [0.4, 0.5) is 5.69 Å². The van der Waals surface area contributed by atoms with E-state index in [0.717, 1.165) is 18.7 Å². The van der Waals surface area contributed by atoms with Gasteiger partial charge in [-0.3, -0.25) is 4.98 Å². The van der Waals surface area contributed by atoms with Crippen molar-refractivity contribution in [2.24, 2.45) is 5.41 Å². The lowest BCUT2D eigenvalue weighted by Gasteiger charge is -2.24. The molecule has 1 aromatic heterocycles. The van der Waals surface area contributed by atoms with Crippen molar-refractivity contribution in [2.75, 3.05) is 25.6 Å². The van der Waals surface area contributed by atoms with Crippen molar-refractivity contribution in [3.63, 3.8) is 0 Å². The van der Waals surface area contributed by atoms with Crippen molar-refractivity contribution < 1.29 is 4.74 Å². The molecule has 0 unspecified atom stereocenters. The smallest absolute Gasteiger partial charge is 0.0717 e. The summed E-state index contributed by atoms with van der Waals surface area (Å²) in [5.74, 6) is 0. The summed E-state index contributed by atoms with van der Waals surface area (Å²) in [7, 11) is 4.10. The number of hydrogen-bond acceptors (Lipinski definition) is 3. The van der Waals surface area contributed by atoms with Gasteiger partial charge in [-0.05, 0) is 29.5 Å². The average molecular weight is 298 g/mol. The molecule has 0 fully saturated rings. The molecule has 0 aliphatic heterocycles. The number of nitrogens with zero attached hydrogens (tertiary/aromatic N) is 2. The van der Waals surface area contributed by atoms with Gasteiger partial charge in [0.05, 0.1) is 13.2 Å². The van der Waals surface area contributed by atoms with E-state index in [1.165, 1.54) is 11.3 Å². The van der Waals surface area contributed by atoms with Crippen LogP contribution in [0.1, 0.15) is 25.1 Å². The van der Waals surface area contributed by atoms with Gasteiger partial charge in [0.1, 0.15) is 0 Å². The van der Waals surface area contributed by atoms with Crippen molar-refractivity contribution in [1.29, 1.82) is 0 Å². The third kappa shape index (κ3) is 5.15. The van der Waals surface area contributed by atoms with Crippen molar-refractivity contribution in [3.05, 3.63) is 59.9 Å². The van der Waals surface area contributed by atoms with Gasteiger partial charge in [0.25, 0.3) is 0 Å². The first-order valence-corrected chi connectivity index (χ1v) is 7.70. The zero-order chi connectivity index (χ0) is 16.0. The number of ether oxygens (including phenoxy) is 1. The summed E-state index contributed by atoms with van der Waals surface area (Å²) in [6.07, 6.45) is 2.79. The van der Waals surface area contributed by atoms with E-state index in [-0.39, 0.29) is 5.41 Å². The number of pyridine rings is 1. The van der Waals surface area contributed by atoms with Gasteiger partial charge < -0.3 is 9.64 Å². The molecule has 22 heavy (non-hydrogen) atoms. The Labute approximate surface area is 134 Å². The highest BCUT2D eigenvalue weighted by molar-refractivity contribution is 5.44. The molecule has 3 heteroatoms. The lowest BCUT2D eigenvalue weighted by molar-refractivity contribution is 0.0510. The molecule has 0 aliphatic carbocycles. The van der Waals surface area contributed by atoms with Crippen LogP contribution < -0.4 is 4.90 Å². The molecule has 0 bridgehead atoms. The molecule has 1 heterocycles.